The molecule has 0 aromatic heterocycles. The van der Waals surface area contributed by atoms with Crippen molar-refractivity contribution in [3.05, 3.63) is 102 Å². The minimum absolute atomic E-state index is 0.269. The van der Waals surface area contributed by atoms with E-state index in [-0.39, 0.29) is 6.04 Å². The van der Waals surface area contributed by atoms with E-state index in [1.165, 1.54) is 22.4 Å². The fourth-order valence-corrected chi connectivity index (χ4v) is 4.87. The van der Waals surface area contributed by atoms with E-state index in [2.05, 4.69) is 66.0 Å². The molecule has 4 heteroatoms. The summed E-state index contributed by atoms with van der Waals surface area (Å²) < 4.78 is 17.3. The van der Waals surface area contributed by atoms with Crippen molar-refractivity contribution in [2.24, 2.45) is 5.92 Å². The number of benzene rings is 3. The maximum atomic E-state index is 5.98. The maximum absolute atomic E-state index is 5.98. The summed E-state index contributed by atoms with van der Waals surface area (Å²) in [5.41, 5.74) is 4.98. The Balaban J connectivity index is 1.28. The van der Waals surface area contributed by atoms with E-state index in [4.69, 9.17) is 14.2 Å². The summed E-state index contributed by atoms with van der Waals surface area (Å²) in [6, 6.07) is 25.5. The molecule has 3 aromatic carbocycles. The van der Waals surface area contributed by atoms with Crippen molar-refractivity contribution in [2.75, 3.05) is 25.1 Å². The van der Waals surface area contributed by atoms with Gasteiger partial charge in [0.2, 0.25) is 0 Å². The van der Waals surface area contributed by atoms with Gasteiger partial charge in [0.25, 0.3) is 0 Å². The van der Waals surface area contributed by atoms with Gasteiger partial charge in [0, 0.05) is 18.2 Å². The summed E-state index contributed by atoms with van der Waals surface area (Å²) in [6.07, 6.45) is 5.75. The lowest BCUT2D eigenvalue weighted by Gasteiger charge is -2.37. The van der Waals surface area contributed by atoms with Crippen molar-refractivity contribution >= 4 is 5.69 Å². The van der Waals surface area contributed by atoms with E-state index in [9.17, 15) is 0 Å². The van der Waals surface area contributed by atoms with Gasteiger partial charge in [-0.05, 0) is 66.3 Å². The molecule has 5 rings (SSSR count). The molecule has 0 spiro atoms. The standard InChI is InChI=1S/C29H31NO3/c1-2-31-17-18-32-24-15-16-28-27(19-24)25-9-6-10-26(25)29(30-28)22-11-13-23(14-12-22)33-20-21-7-4-3-5-8-21/h3-9,11-16,19,25-26,29-30H,2,10,17-18,20H2,1H3. The van der Waals surface area contributed by atoms with Crippen molar-refractivity contribution in [2.45, 2.75) is 31.9 Å². The van der Waals surface area contributed by atoms with Gasteiger partial charge >= 0.3 is 0 Å². The van der Waals surface area contributed by atoms with E-state index < -0.39 is 0 Å². The van der Waals surface area contributed by atoms with Crippen LogP contribution in [0.1, 0.15) is 42.0 Å². The van der Waals surface area contributed by atoms with Gasteiger partial charge in [0.15, 0.2) is 0 Å². The number of nitrogens with one attached hydrogen (secondary N) is 1. The van der Waals surface area contributed by atoms with Gasteiger partial charge in [0.05, 0.1) is 12.6 Å². The average molecular weight is 442 g/mol. The number of ether oxygens (including phenoxy) is 3. The van der Waals surface area contributed by atoms with Crippen LogP contribution in [0, 0.1) is 5.92 Å². The molecule has 0 fully saturated rings. The van der Waals surface area contributed by atoms with Crippen LogP contribution in [0.25, 0.3) is 0 Å². The molecule has 1 heterocycles. The lowest BCUT2D eigenvalue weighted by atomic mass is 9.77. The highest BCUT2D eigenvalue weighted by atomic mass is 16.5. The van der Waals surface area contributed by atoms with Gasteiger partial charge in [-0.3, -0.25) is 0 Å². The molecule has 1 aliphatic heterocycles. The Morgan fingerprint density at radius 3 is 2.52 bits per heavy atom. The number of anilines is 1. The fourth-order valence-electron chi connectivity index (χ4n) is 4.87. The molecule has 0 saturated carbocycles. The maximum Gasteiger partial charge on any atom is 0.119 e. The minimum Gasteiger partial charge on any atom is -0.491 e. The van der Waals surface area contributed by atoms with Crippen molar-refractivity contribution < 1.29 is 14.2 Å². The molecule has 1 aliphatic carbocycles. The largest absolute Gasteiger partial charge is 0.491 e. The van der Waals surface area contributed by atoms with E-state index in [1.54, 1.807) is 0 Å². The van der Waals surface area contributed by atoms with Crippen molar-refractivity contribution in [1.29, 1.82) is 0 Å². The van der Waals surface area contributed by atoms with Crippen LogP contribution >= 0.6 is 0 Å². The first-order valence-electron chi connectivity index (χ1n) is 11.9. The first-order valence-corrected chi connectivity index (χ1v) is 11.9. The number of rotatable bonds is 9. The Kier molecular flexibility index (Phi) is 6.63. The van der Waals surface area contributed by atoms with Gasteiger partial charge in [-0.25, -0.2) is 0 Å². The second kappa shape index (κ2) is 10.1. The van der Waals surface area contributed by atoms with Crippen LogP contribution in [-0.4, -0.2) is 19.8 Å². The topological polar surface area (TPSA) is 39.7 Å². The van der Waals surface area contributed by atoms with Gasteiger partial charge in [0.1, 0.15) is 24.7 Å². The van der Waals surface area contributed by atoms with Crippen LogP contribution in [-0.2, 0) is 11.3 Å². The van der Waals surface area contributed by atoms with Crippen LogP contribution in [0.15, 0.2) is 84.9 Å². The lowest BCUT2D eigenvalue weighted by molar-refractivity contribution is 0.110. The Hall–Kier alpha value is -3.24. The monoisotopic (exact) mass is 441 g/mol. The third-order valence-electron chi connectivity index (χ3n) is 6.52. The molecule has 3 atom stereocenters. The highest BCUT2D eigenvalue weighted by Gasteiger charge is 2.38. The summed E-state index contributed by atoms with van der Waals surface area (Å²) in [4.78, 5) is 0. The van der Waals surface area contributed by atoms with Gasteiger partial charge < -0.3 is 19.5 Å². The molecule has 0 saturated heterocycles. The Labute approximate surface area is 196 Å². The van der Waals surface area contributed by atoms with E-state index in [0.29, 0.717) is 38.3 Å². The fraction of sp³-hybridized carbons (Fsp3) is 0.310. The molecule has 3 unspecified atom stereocenters. The lowest BCUT2D eigenvalue weighted by Crippen LogP contribution is -2.29. The Morgan fingerprint density at radius 2 is 1.70 bits per heavy atom. The summed E-state index contributed by atoms with van der Waals surface area (Å²) in [5, 5.41) is 3.80. The van der Waals surface area contributed by atoms with Crippen LogP contribution in [0.5, 0.6) is 11.5 Å². The molecular formula is C29H31NO3. The first-order chi connectivity index (χ1) is 16.3. The van der Waals surface area contributed by atoms with Gasteiger partial charge in [-0.2, -0.15) is 0 Å². The van der Waals surface area contributed by atoms with E-state index in [1.807, 2.05) is 31.2 Å². The third kappa shape index (κ3) is 4.91. The molecule has 0 radical (unpaired) electrons. The number of fused-ring (bicyclic) bond motifs is 3. The Bertz CT molecular complexity index is 1080. The summed E-state index contributed by atoms with van der Waals surface area (Å²) in [5.74, 6) is 2.70. The molecule has 170 valence electrons. The summed E-state index contributed by atoms with van der Waals surface area (Å²) in [7, 11) is 0. The molecule has 1 N–H and O–H groups in total. The van der Waals surface area contributed by atoms with Gasteiger partial charge in [-0.15, -0.1) is 0 Å². The highest BCUT2D eigenvalue weighted by molar-refractivity contribution is 5.61. The molecule has 3 aromatic rings. The smallest absolute Gasteiger partial charge is 0.119 e. The second-order valence-electron chi connectivity index (χ2n) is 8.61. The van der Waals surface area contributed by atoms with Crippen LogP contribution in [0.2, 0.25) is 0 Å². The summed E-state index contributed by atoms with van der Waals surface area (Å²) in [6.45, 7) is 4.49. The quantitative estimate of drug-likeness (QED) is 0.304. The average Bonchev–Trinajstić information content (AvgIpc) is 3.36. The molecule has 2 aliphatic rings. The zero-order valence-corrected chi connectivity index (χ0v) is 19.1. The zero-order chi connectivity index (χ0) is 22.5. The molecule has 0 bridgehead atoms. The number of allylic oxidation sites excluding steroid dienone is 2. The Morgan fingerprint density at radius 1 is 0.879 bits per heavy atom. The predicted octanol–water partition coefficient (Wildman–Crippen LogP) is 6.51. The van der Waals surface area contributed by atoms with Crippen molar-refractivity contribution in [3.8, 4) is 11.5 Å². The van der Waals surface area contributed by atoms with Crippen LogP contribution in [0.3, 0.4) is 0 Å². The zero-order valence-electron chi connectivity index (χ0n) is 19.1. The van der Waals surface area contributed by atoms with Crippen molar-refractivity contribution in [3.63, 3.8) is 0 Å². The third-order valence-corrected chi connectivity index (χ3v) is 6.52. The SMILES string of the molecule is CCOCCOc1ccc2c(c1)C1C=CCC1C(c1ccc(OCc3ccccc3)cc1)N2. The molecule has 0 amide bonds. The first kappa shape index (κ1) is 21.6. The highest BCUT2D eigenvalue weighted by Crippen LogP contribution is 2.50. The molecule has 4 nitrogen and oxygen atoms in total. The molecule has 33 heavy (non-hydrogen) atoms. The number of hydrogen-bond acceptors (Lipinski definition) is 4. The number of hydrogen-bond donors (Lipinski definition) is 1. The van der Waals surface area contributed by atoms with E-state index >= 15 is 0 Å². The van der Waals surface area contributed by atoms with Crippen LogP contribution in [0.4, 0.5) is 5.69 Å². The summed E-state index contributed by atoms with van der Waals surface area (Å²) >= 11 is 0. The van der Waals surface area contributed by atoms with Crippen LogP contribution < -0.4 is 14.8 Å². The van der Waals surface area contributed by atoms with Crippen molar-refractivity contribution in [1.82, 2.24) is 0 Å². The normalized spacial score (nSPS) is 20.6. The minimum atomic E-state index is 0.269. The van der Waals surface area contributed by atoms with Gasteiger partial charge in [-0.1, -0.05) is 54.6 Å². The second-order valence-corrected chi connectivity index (χ2v) is 8.61. The predicted molar refractivity (Wildman–Crippen MR) is 132 cm³/mol. The molecular weight excluding hydrogens is 410 g/mol. The van der Waals surface area contributed by atoms with E-state index in [0.717, 1.165) is 17.9 Å².